The first kappa shape index (κ1) is 15.7. The molecule has 0 aliphatic carbocycles. The predicted molar refractivity (Wildman–Crippen MR) is 89.0 cm³/mol. The highest BCUT2D eigenvalue weighted by atomic mass is 16.4. The molecule has 23 heavy (non-hydrogen) atoms. The monoisotopic (exact) mass is 313 g/mol. The van der Waals surface area contributed by atoms with Crippen molar-refractivity contribution in [1.29, 1.82) is 0 Å². The van der Waals surface area contributed by atoms with Crippen LogP contribution in [0, 0.1) is 6.92 Å². The summed E-state index contributed by atoms with van der Waals surface area (Å²) in [5.74, 6) is 1.40. The van der Waals surface area contributed by atoms with E-state index in [1.54, 1.807) is 0 Å². The lowest BCUT2D eigenvalue weighted by Gasteiger charge is -2.31. The van der Waals surface area contributed by atoms with Crippen LogP contribution < -0.4 is 5.32 Å². The normalized spacial score (nSPS) is 15.6. The molecule has 1 saturated heterocycles. The second kappa shape index (κ2) is 6.96. The van der Waals surface area contributed by atoms with Gasteiger partial charge < -0.3 is 14.6 Å². The summed E-state index contributed by atoms with van der Waals surface area (Å²) in [5.41, 5.74) is 1.66. The van der Waals surface area contributed by atoms with E-state index in [4.69, 9.17) is 4.42 Å². The average Bonchev–Trinajstić information content (AvgIpc) is 2.96. The second-order valence-electron chi connectivity index (χ2n) is 6.05. The largest absolute Gasteiger partial charge is 0.441 e. The molecule has 1 fully saturated rings. The third-order valence-electron chi connectivity index (χ3n) is 4.48. The number of nitrogens with one attached hydrogen (secondary N) is 1. The minimum atomic E-state index is 0.105. The maximum atomic E-state index is 12.5. The van der Waals surface area contributed by atoms with Gasteiger partial charge in [0.05, 0.1) is 12.1 Å². The van der Waals surface area contributed by atoms with Gasteiger partial charge in [-0.1, -0.05) is 18.2 Å². The summed E-state index contributed by atoms with van der Waals surface area (Å²) in [6, 6.07) is 10.1. The lowest BCUT2D eigenvalue weighted by atomic mass is 10.0. The molecule has 0 spiro atoms. The van der Waals surface area contributed by atoms with Crippen molar-refractivity contribution in [3.8, 4) is 11.5 Å². The Morgan fingerprint density at radius 1 is 1.30 bits per heavy atom. The molecule has 1 aliphatic rings. The van der Waals surface area contributed by atoms with Crippen LogP contribution in [-0.4, -0.2) is 42.0 Å². The van der Waals surface area contributed by atoms with E-state index in [-0.39, 0.29) is 5.91 Å². The lowest BCUT2D eigenvalue weighted by molar-refractivity contribution is -0.131. The lowest BCUT2D eigenvalue weighted by Crippen LogP contribution is -2.44. The van der Waals surface area contributed by atoms with Gasteiger partial charge in [0.25, 0.3) is 0 Å². The number of aryl methyl sites for hydroxylation is 1. The van der Waals surface area contributed by atoms with E-state index in [2.05, 4.69) is 10.3 Å². The highest BCUT2D eigenvalue weighted by molar-refractivity contribution is 5.78. The Morgan fingerprint density at radius 3 is 2.70 bits per heavy atom. The molecule has 3 rings (SSSR count). The molecule has 0 bridgehead atoms. The molecule has 2 aromatic rings. The number of carbonyl (C=O) groups excluding carboxylic acids is 1. The molecular weight excluding hydrogens is 290 g/mol. The van der Waals surface area contributed by atoms with Gasteiger partial charge in [0.1, 0.15) is 5.76 Å². The van der Waals surface area contributed by atoms with Crippen LogP contribution in [0.4, 0.5) is 0 Å². The zero-order valence-electron chi connectivity index (χ0n) is 13.7. The highest BCUT2D eigenvalue weighted by Crippen LogP contribution is 2.22. The summed E-state index contributed by atoms with van der Waals surface area (Å²) < 4.78 is 5.73. The Morgan fingerprint density at radius 2 is 2.00 bits per heavy atom. The number of hydrogen-bond acceptors (Lipinski definition) is 4. The molecule has 1 aromatic heterocycles. The van der Waals surface area contributed by atoms with E-state index < -0.39 is 0 Å². The summed E-state index contributed by atoms with van der Waals surface area (Å²) >= 11 is 0. The van der Waals surface area contributed by atoms with E-state index in [1.165, 1.54) is 0 Å². The second-order valence-corrected chi connectivity index (χ2v) is 6.05. The Bertz CT molecular complexity index is 660. The van der Waals surface area contributed by atoms with E-state index in [0.717, 1.165) is 42.9 Å². The van der Waals surface area contributed by atoms with Gasteiger partial charge in [-0.2, -0.15) is 0 Å². The fraction of sp³-hybridized carbons (Fsp3) is 0.444. The van der Waals surface area contributed by atoms with E-state index in [9.17, 15) is 4.79 Å². The number of amides is 1. The van der Waals surface area contributed by atoms with Crippen LogP contribution in [0.5, 0.6) is 0 Å². The molecule has 1 aromatic carbocycles. The van der Waals surface area contributed by atoms with Crippen molar-refractivity contribution in [3.63, 3.8) is 0 Å². The number of likely N-dealkylation sites (N-methyl/N-ethyl adjacent to an activating group) is 1. The number of rotatable bonds is 4. The standard InChI is InChI=1S/C18H23N3O2/c1-13-16(20-18(23-13)14-6-4-3-5-7-14)12-17(22)21(2)15-8-10-19-11-9-15/h3-7,15,19H,8-12H2,1-2H3. The SMILES string of the molecule is Cc1oc(-c2ccccc2)nc1CC(=O)N(C)C1CCNCC1. The van der Waals surface area contributed by atoms with Gasteiger partial charge >= 0.3 is 0 Å². The van der Waals surface area contributed by atoms with Crippen molar-refractivity contribution < 1.29 is 9.21 Å². The number of benzene rings is 1. The third kappa shape index (κ3) is 3.62. The number of oxazole rings is 1. The zero-order chi connectivity index (χ0) is 16.2. The Balaban J connectivity index is 1.70. The number of nitrogens with zero attached hydrogens (tertiary/aromatic N) is 2. The predicted octanol–water partition coefficient (Wildman–Crippen LogP) is 2.40. The van der Waals surface area contributed by atoms with Gasteiger partial charge in [-0.3, -0.25) is 4.79 Å². The molecule has 5 nitrogen and oxygen atoms in total. The molecule has 1 N–H and O–H groups in total. The fourth-order valence-electron chi connectivity index (χ4n) is 2.96. The first-order valence-electron chi connectivity index (χ1n) is 8.13. The van der Waals surface area contributed by atoms with Crippen molar-refractivity contribution >= 4 is 5.91 Å². The van der Waals surface area contributed by atoms with Crippen molar-refractivity contribution in [2.24, 2.45) is 0 Å². The molecule has 0 atom stereocenters. The summed E-state index contributed by atoms with van der Waals surface area (Å²) in [5, 5.41) is 3.32. The molecule has 1 aliphatic heterocycles. The van der Waals surface area contributed by atoms with E-state index in [0.29, 0.717) is 18.4 Å². The first-order valence-corrected chi connectivity index (χ1v) is 8.13. The maximum Gasteiger partial charge on any atom is 0.228 e. The average molecular weight is 313 g/mol. The van der Waals surface area contributed by atoms with Crippen molar-refractivity contribution in [1.82, 2.24) is 15.2 Å². The van der Waals surface area contributed by atoms with Crippen LogP contribution in [0.3, 0.4) is 0 Å². The van der Waals surface area contributed by atoms with Gasteiger partial charge in [-0.05, 0) is 45.0 Å². The van der Waals surface area contributed by atoms with Gasteiger partial charge in [0.15, 0.2) is 0 Å². The maximum absolute atomic E-state index is 12.5. The van der Waals surface area contributed by atoms with E-state index >= 15 is 0 Å². The molecule has 0 saturated carbocycles. The van der Waals surface area contributed by atoms with Crippen molar-refractivity contribution in [3.05, 3.63) is 41.8 Å². The van der Waals surface area contributed by atoms with Crippen molar-refractivity contribution in [2.75, 3.05) is 20.1 Å². The molecule has 122 valence electrons. The smallest absolute Gasteiger partial charge is 0.228 e. The van der Waals surface area contributed by atoms with Crippen LogP contribution in [0.25, 0.3) is 11.5 Å². The zero-order valence-corrected chi connectivity index (χ0v) is 13.7. The van der Waals surface area contributed by atoms with Crippen LogP contribution >= 0.6 is 0 Å². The fourth-order valence-corrected chi connectivity index (χ4v) is 2.96. The molecular formula is C18H23N3O2. The molecule has 2 heterocycles. The summed E-state index contributed by atoms with van der Waals surface area (Å²) in [7, 11) is 1.89. The molecule has 0 radical (unpaired) electrons. The van der Waals surface area contributed by atoms with Crippen LogP contribution in [-0.2, 0) is 11.2 Å². The number of carbonyl (C=O) groups is 1. The number of aromatic nitrogens is 1. The minimum absolute atomic E-state index is 0.105. The van der Waals surface area contributed by atoms with Crippen molar-refractivity contribution in [2.45, 2.75) is 32.2 Å². The Hall–Kier alpha value is -2.14. The van der Waals surface area contributed by atoms with Gasteiger partial charge in [-0.15, -0.1) is 0 Å². The van der Waals surface area contributed by atoms with Gasteiger partial charge in [-0.25, -0.2) is 4.98 Å². The molecule has 1 amide bonds. The van der Waals surface area contributed by atoms with Gasteiger partial charge in [0.2, 0.25) is 11.8 Å². The van der Waals surface area contributed by atoms with Crippen LogP contribution in [0.1, 0.15) is 24.3 Å². The quantitative estimate of drug-likeness (QED) is 0.941. The first-order chi connectivity index (χ1) is 11.1. The summed E-state index contributed by atoms with van der Waals surface area (Å²) in [6.07, 6.45) is 2.31. The van der Waals surface area contributed by atoms with E-state index in [1.807, 2.05) is 49.2 Å². The number of piperidine rings is 1. The third-order valence-corrected chi connectivity index (χ3v) is 4.48. The topological polar surface area (TPSA) is 58.4 Å². The van der Waals surface area contributed by atoms with Gasteiger partial charge in [0, 0.05) is 18.7 Å². The van der Waals surface area contributed by atoms with Crippen LogP contribution in [0.2, 0.25) is 0 Å². The summed E-state index contributed by atoms with van der Waals surface area (Å²) in [6.45, 7) is 3.82. The minimum Gasteiger partial charge on any atom is -0.441 e. The number of hydrogen-bond donors (Lipinski definition) is 1. The Kier molecular flexibility index (Phi) is 4.76. The van der Waals surface area contributed by atoms with Crippen LogP contribution in [0.15, 0.2) is 34.7 Å². The molecule has 0 unspecified atom stereocenters. The highest BCUT2D eigenvalue weighted by Gasteiger charge is 2.23. The molecule has 5 heteroatoms. The summed E-state index contributed by atoms with van der Waals surface area (Å²) in [4.78, 5) is 18.9. The Labute approximate surface area is 136 Å².